The van der Waals surface area contributed by atoms with Crippen LogP contribution in [0.1, 0.15) is 23.8 Å². The van der Waals surface area contributed by atoms with Crippen LogP contribution in [-0.2, 0) is 6.54 Å². The van der Waals surface area contributed by atoms with Gasteiger partial charge in [0, 0.05) is 17.4 Å². The van der Waals surface area contributed by atoms with Crippen molar-refractivity contribution in [2.24, 2.45) is 0 Å². The lowest BCUT2D eigenvalue weighted by atomic mass is 10.2. The van der Waals surface area contributed by atoms with Crippen LogP contribution in [0.15, 0.2) is 24.3 Å². The lowest BCUT2D eigenvalue weighted by Crippen LogP contribution is -2.07. The van der Waals surface area contributed by atoms with Crippen LogP contribution in [-0.4, -0.2) is 22.8 Å². The first-order valence-corrected chi connectivity index (χ1v) is 5.58. The van der Waals surface area contributed by atoms with Gasteiger partial charge in [0.25, 0.3) is 0 Å². The van der Waals surface area contributed by atoms with Gasteiger partial charge < -0.3 is 14.4 Å². The second-order valence-corrected chi connectivity index (χ2v) is 3.91. The summed E-state index contributed by atoms with van der Waals surface area (Å²) in [5.74, 6) is -0.156. The predicted molar refractivity (Wildman–Crippen MR) is 65.7 cm³/mol. The average molecular weight is 233 g/mol. The molecule has 4 heteroatoms. The molecule has 1 aromatic heterocycles. The van der Waals surface area contributed by atoms with E-state index in [2.05, 4.69) is 0 Å². The van der Waals surface area contributed by atoms with E-state index in [1.807, 2.05) is 29.7 Å². The van der Waals surface area contributed by atoms with E-state index in [9.17, 15) is 4.79 Å². The van der Waals surface area contributed by atoms with Crippen molar-refractivity contribution in [2.45, 2.75) is 19.9 Å². The number of carboxylic acid groups (broad SMARTS) is 1. The zero-order valence-electron chi connectivity index (χ0n) is 9.93. The normalized spacial score (nSPS) is 10.7. The van der Waals surface area contributed by atoms with E-state index in [1.54, 1.807) is 13.2 Å². The SMILES string of the molecule is CCCn1c(C(=O)O)cc2cc(OC)ccc21. The molecule has 0 atom stereocenters. The third-order valence-corrected chi connectivity index (χ3v) is 2.77. The monoisotopic (exact) mass is 233 g/mol. The van der Waals surface area contributed by atoms with Gasteiger partial charge in [0.1, 0.15) is 11.4 Å². The molecule has 1 heterocycles. The Balaban J connectivity index is 2.65. The van der Waals surface area contributed by atoms with Crippen LogP contribution < -0.4 is 4.74 Å². The van der Waals surface area contributed by atoms with Gasteiger partial charge in [0.15, 0.2) is 0 Å². The highest BCUT2D eigenvalue weighted by atomic mass is 16.5. The Hall–Kier alpha value is -1.97. The summed E-state index contributed by atoms with van der Waals surface area (Å²) < 4.78 is 6.97. The van der Waals surface area contributed by atoms with E-state index in [0.717, 1.165) is 23.1 Å². The molecule has 0 radical (unpaired) electrons. The predicted octanol–water partition coefficient (Wildman–Crippen LogP) is 2.76. The first-order chi connectivity index (χ1) is 8.17. The maximum Gasteiger partial charge on any atom is 0.352 e. The lowest BCUT2D eigenvalue weighted by molar-refractivity contribution is 0.0685. The summed E-state index contributed by atoms with van der Waals surface area (Å²) in [4.78, 5) is 11.2. The van der Waals surface area contributed by atoms with Crippen molar-refractivity contribution in [1.29, 1.82) is 0 Å². The number of aryl methyl sites for hydroxylation is 1. The summed E-state index contributed by atoms with van der Waals surface area (Å²) >= 11 is 0. The van der Waals surface area contributed by atoms with Gasteiger partial charge in [-0.15, -0.1) is 0 Å². The Labute approximate surface area is 99.4 Å². The van der Waals surface area contributed by atoms with Crippen molar-refractivity contribution in [1.82, 2.24) is 4.57 Å². The third kappa shape index (κ3) is 1.98. The van der Waals surface area contributed by atoms with E-state index in [1.165, 1.54) is 0 Å². The van der Waals surface area contributed by atoms with E-state index in [0.29, 0.717) is 12.2 Å². The highest BCUT2D eigenvalue weighted by Crippen LogP contribution is 2.25. The summed E-state index contributed by atoms with van der Waals surface area (Å²) in [6, 6.07) is 7.29. The van der Waals surface area contributed by atoms with Crippen LogP contribution in [0.2, 0.25) is 0 Å². The Kier molecular flexibility index (Phi) is 3.04. The zero-order chi connectivity index (χ0) is 12.4. The number of nitrogens with zero attached hydrogens (tertiary/aromatic N) is 1. The molecule has 0 bridgehead atoms. The molecule has 0 aliphatic carbocycles. The number of benzene rings is 1. The highest BCUT2D eigenvalue weighted by molar-refractivity contribution is 5.95. The third-order valence-electron chi connectivity index (χ3n) is 2.77. The number of ether oxygens (including phenoxy) is 1. The minimum Gasteiger partial charge on any atom is -0.497 e. The van der Waals surface area contributed by atoms with Gasteiger partial charge in [-0.2, -0.15) is 0 Å². The van der Waals surface area contributed by atoms with Crippen LogP contribution in [0.4, 0.5) is 0 Å². The summed E-state index contributed by atoms with van der Waals surface area (Å²) in [6.45, 7) is 2.73. The van der Waals surface area contributed by atoms with Gasteiger partial charge in [0.05, 0.1) is 7.11 Å². The maximum atomic E-state index is 11.2. The summed E-state index contributed by atoms with van der Waals surface area (Å²) in [5.41, 5.74) is 1.26. The van der Waals surface area contributed by atoms with Gasteiger partial charge in [-0.05, 0) is 30.7 Å². The number of fused-ring (bicyclic) bond motifs is 1. The number of carbonyl (C=O) groups is 1. The minimum absolute atomic E-state index is 0.329. The van der Waals surface area contributed by atoms with Gasteiger partial charge >= 0.3 is 5.97 Å². The highest BCUT2D eigenvalue weighted by Gasteiger charge is 2.14. The fourth-order valence-electron chi connectivity index (χ4n) is 2.02. The average Bonchev–Trinajstić information content (AvgIpc) is 2.68. The quantitative estimate of drug-likeness (QED) is 0.883. The van der Waals surface area contributed by atoms with E-state index >= 15 is 0 Å². The van der Waals surface area contributed by atoms with E-state index < -0.39 is 5.97 Å². The molecule has 0 unspecified atom stereocenters. The first-order valence-electron chi connectivity index (χ1n) is 5.58. The van der Waals surface area contributed by atoms with E-state index in [4.69, 9.17) is 9.84 Å². The lowest BCUT2D eigenvalue weighted by Gasteiger charge is -2.06. The zero-order valence-corrected chi connectivity index (χ0v) is 9.93. The summed E-state index contributed by atoms with van der Waals surface area (Å²) in [6.07, 6.45) is 0.899. The molecule has 2 aromatic rings. The second kappa shape index (κ2) is 4.49. The molecule has 1 N–H and O–H groups in total. The first kappa shape index (κ1) is 11.5. The standard InChI is InChI=1S/C13H15NO3/c1-3-6-14-11-5-4-10(17-2)7-9(11)8-12(14)13(15)16/h4-5,7-8H,3,6H2,1-2H3,(H,15,16). The molecule has 17 heavy (non-hydrogen) atoms. The molecule has 0 fully saturated rings. The van der Waals surface area contributed by atoms with Crippen LogP contribution >= 0.6 is 0 Å². The molecule has 0 aliphatic heterocycles. The molecule has 0 saturated heterocycles. The van der Waals surface area contributed by atoms with Crippen LogP contribution in [0.5, 0.6) is 5.75 Å². The molecule has 90 valence electrons. The van der Waals surface area contributed by atoms with Gasteiger partial charge in [-0.25, -0.2) is 4.79 Å². The minimum atomic E-state index is -0.895. The fraction of sp³-hybridized carbons (Fsp3) is 0.308. The molecule has 0 amide bonds. The Morgan fingerprint density at radius 1 is 1.41 bits per heavy atom. The molecule has 1 aromatic carbocycles. The van der Waals surface area contributed by atoms with Gasteiger partial charge in [0.2, 0.25) is 0 Å². The van der Waals surface area contributed by atoms with Crippen molar-refractivity contribution in [3.63, 3.8) is 0 Å². The van der Waals surface area contributed by atoms with Crippen molar-refractivity contribution >= 4 is 16.9 Å². The maximum absolute atomic E-state index is 11.2. The topological polar surface area (TPSA) is 51.5 Å². The Bertz CT molecular complexity index is 557. The molecular weight excluding hydrogens is 218 g/mol. The number of hydrogen-bond acceptors (Lipinski definition) is 2. The number of carboxylic acids is 1. The van der Waals surface area contributed by atoms with Crippen molar-refractivity contribution in [3.8, 4) is 5.75 Å². The molecule has 2 rings (SSSR count). The van der Waals surface area contributed by atoms with Crippen LogP contribution in [0.3, 0.4) is 0 Å². The van der Waals surface area contributed by atoms with E-state index in [-0.39, 0.29) is 0 Å². The molecular formula is C13H15NO3. The smallest absolute Gasteiger partial charge is 0.352 e. The molecule has 0 saturated carbocycles. The fourth-order valence-corrected chi connectivity index (χ4v) is 2.02. The second-order valence-electron chi connectivity index (χ2n) is 3.91. The van der Waals surface area contributed by atoms with Crippen LogP contribution in [0.25, 0.3) is 10.9 Å². The Morgan fingerprint density at radius 3 is 2.76 bits per heavy atom. The molecule has 0 spiro atoms. The van der Waals surface area contributed by atoms with Crippen molar-refractivity contribution in [2.75, 3.05) is 7.11 Å². The number of aromatic nitrogens is 1. The van der Waals surface area contributed by atoms with Gasteiger partial charge in [-0.3, -0.25) is 0 Å². The summed E-state index contributed by atoms with van der Waals surface area (Å²) in [5, 5.41) is 10.1. The number of aromatic carboxylic acids is 1. The van der Waals surface area contributed by atoms with Gasteiger partial charge in [-0.1, -0.05) is 6.92 Å². The largest absolute Gasteiger partial charge is 0.497 e. The number of hydrogen-bond donors (Lipinski definition) is 1. The van der Waals surface area contributed by atoms with Crippen molar-refractivity contribution in [3.05, 3.63) is 30.0 Å². The number of methoxy groups -OCH3 is 1. The Morgan fingerprint density at radius 2 is 2.18 bits per heavy atom. The molecule has 4 nitrogen and oxygen atoms in total. The number of rotatable bonds is 4. The summed E-state index contributed by atoms with van der Waals surface area (Å²) in [7, 11) is 1.60. The van der Waals surface area contributed by atoms with Crippen LogP contribution in [0, 0.1) is 0 Å². The van der Waals surface area contributed by atoms with Crippen molar-refractivity contribution < 1.29 is 14.6 Å². The molecule has 0 aliphatic rings.